The van der Waals surface area contributed by atoms with Crippen molar-refractivity contribution < 1.29 is 23.2 Å². The molecule has 1 aromatic rings. The molecule has 6 nitrogen and oxygen atoms in total. The Labute approximate surface area is 123 Å². The van der Waals surface area contributed by atoms with E-state index in [-0.39, 0.29) is 10.8 Å². The van der Waals surface area contributed by atoms with E-state index in [1.165, 1.54) is 12.1 Å². The van der Waals surface area contributed by atoms with E-state index in [1.807, 2.05) is 4.89 Å². The fourth-order valence-electron chi connectivity index (χ4n) is 2.25. The fraction of sp³-hybridized carbons (Fsp3) is 0.500. The number of rotatable bonds is 7. The normalized spacial score (nSPS) is 20.2. The minimum atomic E-state index is -3.85. The SMILES string of the molecule is O=C(O)C(ONS(=O)(=O)c1ccc(C2CC2)cc1)C1CC1. The summed E-state index contributed by atoms with van der Waals surface area (Å²) in [6, 6.07) is 6.63. The Morgan fingerprint density at radius 1 is 1.19 bits per heavy atom. The van der Waals surface area contributed by atoms with Crippen molar-refractivity contribution in [3.63, 3.8) is 0 Å². The number of aliphatic carboxylic acids is 1. The summed E-state index contributed by atoms with van der Waals surface area (Å²) in [5, 5.41) is 9.00. The first-order chi connectivity index (χ1) is 9.97. The van der Waals surface area contributed by atoms with Gasteiger partial charge in [-0.2, -0.15) is 0 Å². The van der Waals surface area contributed by atoms with Crippen LogP contribution in [0.15, 0.2) is 29.2 Å². The molecular weight excluding hydrogens is 294 g/mol. The Hall–Kier alpha value is -1.44. The fourth-order valence-corrected chi connectivity index (χ4v) is 3.07. The zero-order valence-corrected chi connectivity index (χ0v) is 12.2. The minimum absolute atomic E-state index is 0.0758. The molecule has 0 aliphatic heterocycles. The molecule has 0 bridgehead atoms. The van der Waals surface area contributed by atoms with Gasteiger partial charge in [0, 0.05) is 0 Å². The molecular formula is C14H17NO5S. The van der Waals surface area contributed by atoms with Gasteiger partial charge in [-0.05, 0) is 55.2 Å². The predicted molar refractivity (Wildman–Crippen MR) is 74.0 cm³/mol. The second-order valence-corrected chi connectivity index (χ2v) is 7.29. The van der Waals surface area contributed by atoms with Crippen molar-refractivity contribution in [1.82, 2.24) is 4.89 Å². The van der Waals surface area contributed by atoms with E-state index in [0.29, 0.717) is 5.92 Å². The summed E-state index contributed by atoms with van der Waals surface area (Å²) >= 11 is 0. The average Bonchev–Trinajstić information content (AvgIpc) is 3.31. The maximum absolute atomic E-state index is 12.1. The van der Waals surface area contributed by atoms with Crippen molar-refractivity contribution in [1.29, 1.82) is 0 Å². The summed E-state index contributed by atoms with van der Waals surface area (Å²) in [6.45, 7) is 0. The zero-order valence-electron chi connectivity index (χ0n) is 11.4. The molecule has 1 aromatic carbocycles. The molecule has 7 heteroatoms. The maximum atomic E-state index is 12.1. The van der Waals surface area contributed by atoms with Crippen molar-refractivity contribution >= 4 is 16.0 Å². The number of carboxylic acid groups (broad SMARTS) is 1. The summed E-state index contributed by atoms with van der Waals surface area (Å²) < 4.78 is 24.1. The van der Waals surface area contributed by atoms with E-state index in [9.17, 15) is 13.2 Å². The molecule has 2 saturated carbocycles. The second-order valence-electron chi connectivity index (χ2n) is 5.64. The van der Waals surface area contributed by atoms with Crippen LogP contribution in [0, 0.1) is 5.92 Å². The van der Waals surface area contributed by atoms with E-state index in [4.69, 9.17) is 9.94 Å². The number of sulfonamides is 1. The van der Waals surface area contributed by atoms with Crippen LogP contribution in [0.2, 0.25) is 0 Å². The van der Waals surface area contributed by atoms with E-state index in [1.54, 1.807) is 12.1 Å². The molecule has 1 atom stereocenters. The van der Waals surface area contributed by atoms with Gasteiger partial charge in [-0.15, -0.1) is 0 Å². The number of benzene rings is 1. The van der Waals surface area contributed by atoms with Gasteiger partial charge >= 0.3 is 5.97 Å². The Morgan fingerprint density at radius 3 is 2.29 bits per heavy atom. The van der Waals surface area contributed by atoms with E-state index < -0.39 is 22.1 Å². The summed E-state index contributed by atoms with van der Waals surface area (Å²) in [6.07, 6.45) is 2.67. The lowest BCUT2D eigenvalue weighted by molar-refractivity contribution is -0.154. The first-order valence-electron chi connectivity index (χ1n) is 6.97. The van der Waals surface area contributed by atoms with Crippen LogP contribution in [0.4, 0.5) is 0 Å². The largest absolute Gasteiger partial charge is 0.479 e. The lowest BCUT2D eigenvalue weighted by atomic mass is 10.1. The van der Waals surface area contributed by atoms with Crippen molar-refractivity contribution in [3.8, 4) is 0 Å². The monoisotopic (exact) mass is 311 g/mol. The molecule has 0 heterocycles. The van der Waals surface area contributed by atoms with Gasteiger partial charge in [-0.1, -0.05) is 17.0 Å². The molecule has 0 spiro atoms. The standard InChI is InChI=1S/C14H17NO5S/c16-14(17)13(11-3-4-11)20-15-21(18,19)12-7-5-10(6-8-12)9-1-2-9/h5-9,11,13,15H,1-4H2,(H,16,17). The summed E-state index contributed by atoms with van der Waals surface area (Å²) in [4.78, 5) is 17.9. The van der Waals surface area contributed by atoms with Crippen LogP contribution < -0.4 is 4.89 Å². The van der Waals surface area contributed by atoms with Crippen LogP contribution in [0.1, 0.15) is 37.2 Å². The summed E-state index contributed by atoms with van der Waals surface area (Å²) in [5.74, 6) is -0.705. The molecule has 1 unspecified atom stereocenters. The second kappa shape index (κ2) is 5.40. The molecule has 2 aliphatic rings. The highest BCUT2D eigenvalue weighted by Crippen LogP contribution is 2.40. The van der Waals surface area contributed by atoms with Gasteiger partial charge in [0.1, 0.15) is 0 Å². The van der Waals surface area contributed by atoms with Crippen LogP contribution in [0.3, 0.4) is 0 Å². The van der Waals surface area contributed by atoms with Crippen molar-refractivity contribution in [2.75, 3.05) is 0 Å². The maximum Gasteiger partial charge on any atom is 0.335 e. The van der Waals surface area contributed by atoms with Crippen molar-refractivity contribution in [2.45, 2.75) is 42.6 Å². The van der Waals surface area contributed by atoms with Crippen LogP contribution in [-0.2, 0) is 19.7 Å². The van der Waals surface area contributed by atoms with Gasteiger partial charge in [-0.25, -0.2) is 13.2 Å². The summed E-state index contributed by atoms with van der Waals surface area (Å²) in [7, 11) is -3.85. The van der Waals surface area contributed by atoms with Gasteiger partial charge < -0.3 is 5.11 Å². The number of hydrogen-bond donors (Lipinski definition) is 2. The third-order valence-electron chi connectivity index (χ3n) is 3.82. The molecule has 0 saturated heterocycles. The Bertz CT molecular complexity index is 632. The Balaban J connectivity index is 1.66. The first-order valence-corrected chi connectivity index (χ1v) is 8.46. The smallest absolute Gasteiger partial charge is 0.335 e. The Kier molecular flexibility index (Phi) is 3.73. The minimum Gasteiger partial charge on any atom is -0.479 e. The molecule has 0 amide bonds. The molecule has 2 aliphatic carbocycles. The molecule has 114 valence electrons. The molecule has 3 rings (SSSR count). The van der Waals surface area contributed by atoms with Crippen molar-refractivity contribution in [2.24, 2.45) is 5.92 Å². The van der Waals surface area contributed by atoms with E-state index in [2.05, 4.69) is 0 Å². The van der Waals surface area contributed by atoms with Crippen LogP contribution in [-0.4, -0.2) is 25.6 Å². The number of hydrogen-bond acceptors (Lipinski definition) is 4. The third-order valence-corrected chi connectivity index (χ3v) is 5.03. The highest BCUT2D eigenvalue weighted by molar-refractivity contribution is 7.89. The highest BCUT2D eigenvalue weighted by Gasteiger charge is 2.38. The van der Waals surface area contributed by atoms with Gasteiger partial charge in [0.15, 0.2) is 6.10 Å². The molecule has 2 N–H and O–H groups in total. The van der Waals surface area contributed by atoms with Gasteiger partial charge in [-0.3, -0.25) is 4.84 Å². The van der Waals surface area contributed by atoms with Crippen molar-refractivity contribution in [3.05, 3.63) is 29.8 Å². The van der Waals surface area contributed by atoms with E-state index >= 15 is 0 Å². The number of carboxylic acids is 1. The lowest BCUT2D eigenvalue weighted by Gasteiger charge is -2.13. The first kappa shape index (κ1) is 14.5. The molecule has 0 aromatic heterocycles. The van der Waals surface area contributed by atoms with Gasteiger partial charge in [0.05, 0.1) is 4.90 Å². The molecule has 2 fully saturated rings. The average molecular weight is 311 g/mol. The predicted octanol–water partition coefficient (Wildman–Crippen LogP) is 1.64. The van der Waals surface area contributed by atoms with Gasteiger partial charge in [0.2, 0.25) is 0 Å². The molecule has 21 heavy (non-hydrogen) atoms. The zero-order chi connectivity index (χ0) is 15.0. The topological polar surface area (TPSA) is 92.7 Å². The number of nitrogens with one attached hydrogen (secondary N) is 1. The van der Waals surface area contributed by atoms with Gasteiger partial charge in [0.25, 0.3) is 10.0 Å². The van der Waals surface area contributed by atoms with Crippen LogP contribution >= 0.6 is 0 Å². The van der Waals surface area contributed by atoms with Crippen LogP contribution in [0.25, 0.3) is 0 Å². The van der Waals surface area contributed by atoms with Crippen LogP contribution in [0.5, 0.6) is 0 Å². The quantitative estimate of drug-likeness (QED) is 0.747. The highest BCUT2D eigenvalue weighted by atomic mass is 32.2. The lowest BCUT2D eigenvalue weighted by Crippen LogP contribution is -2.35. The summed E-state index contributed by atoms with van der Waals surface area (Å²) in [5.41, 5.74) is 1.14. The molecule has 0 radical (unpaired) electrons. The number of carbonyl (C=O) groups is 1. The Morgan fingerprint density at radius 2 is 1.81 bits per heavy atom. The van der Waals surface area contributed by atoms with E-state index in [0.717, 1.165) is 31.2 Å². The third kappa shape index (κ3) is 3.42.